The van der Waals surface area contributed by atoms with E-state index in [9.17, 15) is 0 Å². The lowest BCUT2D eigenvalue weighted by molar-refractivity contribution is 1.29. The van der Waals surface area contributed by atoms with Gasteiger partial charge in [-0.3, -0.25) is 0 Å². The van der Waals surface area contributed by atoms with Crippen LogP contribution in [0.25, 0.3) is 0 Å². The zero-order chi connectivity index (χ0) is 6.85. The van der Waals surface area contributed by atoms with E-state index in [1.807, 2.05) is 6.92 Å². The highest BCUT2D eigenvalue weighted by Crippen LogP contribution is 2.00. The van der Waals surface area contributed by atoms with E-state index < -0.39 is 0 Å². The molecule has 0 spiro atoms. The van der Waals surface area contributed by atoms with Gasteiger partial charge >= 0.3 is 0 Å². The molecule has 1 rings (SSSR count). The molecule has 9 heavy (non-hydrogen) atoms. The molecule has 2 radical (unpaired) electrons. The Hall–Kier alpha value is -0.495. The van der Waals surface area contributed by atoms with Gasteiger partial charge in [-0.05, 0) is 18.6 Å². The Labute approximate surface area is 60.5 Å². The summed E-state index contributed by atoms with van der Waals surface area (Å²) < 4.78 is 0. The second kappa shape index (κ2) is 2.40. The smallest absolute Gasteiger partial charge is 0.128 e. The zero-order valence-electron chi connectivity index (χ0n) is 5.06. The Morgan fingerprint density at radius 3 is 2.78 bits per heavy atom. The van der Waals surface area contributed by atoms with Crippen molar-refractivity contribution in [2.45, 2.75) is 6.92 Å². The molecule has 1 aromatic rings. The van der Waals surface area contributed by atoms with Crippen LogP contribution < -0.4 is 5.46 Å². The Balaban J connectivity index is 3.17. The molecule has 0 N–H and O–H groups in total. The van der Waals surface area contributed by atoms with Gasteiger partial charge in [-0.15, -0.1) is 0 Å². The summed E-state index contributed by atoms with van der Waals surface area (Å²) >= 11 is 5.53. The predicted octanol–water partition coefficient (Wildman–Crippen LogP) is 0.837. The van der Waals surface area contributed by atoms with Crippen LogP contribution in [-0.4, -0.2) is 12.8 Å². The number of hydrogen-bond donors (Lipinski definition) is 0. The minimum absolute atomic E-state index is 0.443. The first-order valence-corrected chi connectivity index (χ1v) is 2.95. The third kappa shape index (κ3) is 1.45. The van der Waals surface area contributed by atoms with Crippen molar-refractivity contribution in [1.29, 1.82) is 0 Å². The van der Waals surface area contributed by atoms with E-state index in [1.54, 1.807) is 12.3 Å². The molecule has 0 aliphatic rings. The van der Waals surface area contributed by atoms with Gasteiger partial charge < -0.3 is 0 Å². The monoisotopic (exact) mass is 137 g/mol. The van der Waals surface area contributed by atoms with Crippen molar-refractivity contribution in [2.75, 3.05) is 0 Å². The van der Waals surface area contributed by atoms with E-state index >= 15 is 0 Å². The lowest BCUT2D eigenvalue weighted by Gasteiger charge is -1.96. The molecule has 44 valence electrons. The number of nitrogens with zero attached hydrogens (tertiary/aromatic N) is 1. The Morgan fingerprint density at radius 2 is 2.33 bits per heavy atom. The predicted molar refractivity (Wildman–Crippen MR) is 39.4 cm³/mol. The topological polar surface area (TPSA) is 12.9 Å². The highest BCUT2D eigenvalue weighted by Gasteiger charge is 1.91. The molecule has 0 aromatic carbocycles. The standard InChI is InChI=1S/C6H5BClN/c1-4-3-9-6(8)2-5(4)7/h2-3H,1H3. The van der Waals surface area contributed by atoms with Crippen molar-refractivity contribution in [3.63, 3.8) is 0 Å². The van der Waals surface area contributed by atoms with Gasteiger partial charge in [-0.25, -0.2) is 4.98 Å². The van der Waals surface area contributed by atoms with Crippen LogP contribution in [0.2, 0.25) is 5.15 Å². The van der Waals surface area contributed by atoms with Crippen LogP contribution in [-0.2, 0) is 0 Å². The van der Waals surface area contributed by atoms with Crippen molar-refractivity contribution >= 4 is 24.9 Å². The van der Waals surface area contributed by atoms with E-state index in [1.165, 1.54) is 0 Å². The van der Waals surface area contributed by atoms with E-state index in [0.29, 0.717) is 10.6 Å². The highest BCUT2D eigenvalue weighted by atomic mass is 35.5. The van der Waals surface area contributed by atoms with Gasteiger partial charge in [0.1, 0.15) is 13.0 Å². The first-order chi connectivity index (χ1) is 4.20. The fourth-order valence-electron chi connectivity index (χ4n) is 0.512. The van der Waals surface area contributed by atoms with Crippen LogP contribution in [0.5, 0.6) is 0 Å². The summed E-state index contributed by atoms with van der Waals surface area (Å²) in [5.41, 5.74) is 1.65. The third-order valence-corrected chi connectivity index (χ3v) is 1.32. The molecule has 0 unspecified atom stereocenters. The van der Waals surface area contributed by atoms with Crippen molar-refractivity contribution in [1.82, 2.24) is 4.98 Å². The van der Waals surface area contributed by atoms with Crippen LogP contribution in [0.1, 0.15) is 5.56 Å². The number of halogens is 1. The summed E-state index contributed by atoms with van der Waals surface area (Å²) in [7, 11) is 5.50. The number of hydrogen-bond acceptors (Lipinski definition) is 1. The fraction of sp³-hybridized carbons (Fsp3) is 0.167. The lowest BCUT2D eigenvalue weighted by Crippen LogP contribution is -2.06. The first-order valence-electron chi connectivity index (χ1n) is 2.58. The minimum atomic E-state index is 0.443. The largest absolute Gasteiger partial charge is 0.244 e. The average Bonchev–Trinajstić information content (AvgIpc) is 1.80. The summed E-state index contributed by atoms with van der Waals surface area (Å²) in [4.78, 5) is 3.82. The van der Waals surface area contributed by atoms with Crippen LogP contribution in [0.15, 0.2) is 12.3 Å². The average molecular weight is 137 g/mol. The molecule has 0 bridgehead atoms. The third-order valence-electron chi connectivity index (χ3n) is 1.11. The van der Waals surface area contributed by atoms with Gasteiger partial charge in [-0.2, -0.15) is 0 Å². The fourth-order valence-corrected chi connectivity index (χ4v) is 0.679. The highest BCUT2D eigenvalue weighted by molar-refractivity contribution is 6.36. The van der Waals surface area contributed by atoms with Crippen molar-refractivity contribution in [3.05, 3.63) is 23.0 Å². The summed E-state index contributed by atoms with van der Waals surface area (Å²) in [6, 6.07) is 1.64. The van der Waals surface area contributed by atoms with Gasteiger partial charge in [0.2, 0.25) is 0 Å². The normalized spacial score (nSPS) is 9.56. The molecular weight excluding hydrogens is 132 g/mol. The second-order valence-electron chi connectivity index (χ2n) is 1.86. The van der Waals surface area contributed by atoms with E-state index in [2.05, 4.69) is 4.98 Å². The molecular formula is C6H5BClN. The Bertz CT molecular complexity index is 224. The maximum atomic E-state index is 5.53. The van der Waals surface area contributed by atoms with Gasteiger partial charge in [0, 0.05) is 6.20 Å². The first kappa shape index (κ1) is 6.62. The van der Waals surface area contributed by atoms with Gasteiger partial charge in [0.15, 0.2) is 0 Å². The van der Waals surface area contributed by atoms with E-state index in [4.69, 9.17) is 19.4 Å². The summed E-state index contributed by atoms with van der Waals surface area (Å²) in [5, 5.41) is 0.443. The summed E-state index contributed by atoms with van der Waals surface area (Å²) in [6.07, 6.45) is 1.65. The lowest BCUT2D eigenvalue weighted by atomic mass is 9.93. The molecule has 1 aromatic heterocycles. The molecule has 0 saturated carbocycles. The molecule has 1 nitrogen and oxygen atoms in total. The van der Waals surface area contributed by atoms with Crippen LogP contribution >= 0.6 is 11.6 Å². The summed E-state index contributed by atoms with van der Waals surface area (Å²) in [6.45, 7) is 1.89. The number of rotatable bonds is 0. The molecule has 1 heterocycles. The van der Waals surface area contributed by atoms with Crippen LogP contribution in [0, 0.1) is 6.92 Å². The molecule has 0 saturated heterocycles. The molecule has 0 amide bonds. The Kier molecular flexibility index (Phi) is 1.77. The van der Waals surface area contributed by atoms with Crippen molar-refractivity contribution in [2.24, 2.45) is 0 Å². The molecule has 0 aliphatic carbocycles. The molecule has 0 aliphatic heterocycles. The Morgan fingerprint density at radius 1 is 1.67 bits per heavy atom. The molecule has 0 atom stereocenters. The van der Waals surface area contributed by atoms with Crippen molar-refractivity contribution < 1.29 is 0 Å². The molecule has 0 fully saturated rings. The zero-order valence-corrected chi connectivity index (χ0v) is 5.81. The minimum Gasteiger partial charge on any atom is -0.244 e. The van der Waals surface area contributed by atoms with E-state index in [-0.39, 0.29) is 0 Å². The SMILES string of the molecule is [B]c1cc(Cl)ncc1C. The van der Waals surface area contributed by atoms with Crippen molar-refractivity contribution in [3.8, 4) is 0 Å². The number of aryl methyl sites for hydroxylation is 1. The van der Waals surface area contributed by atoms with Gasteiger partial charge in [0.25, 0.3) is 0 Å². The second-order valence-corrected chi connectivity index (χ2v) is 2.25. The number of aromatic nitrogens is 1. The van der Waals surface area contributed by atoms with Gasteiger partial charge in [-0.1, -0.05) is 17.1 Å². The van der Waals surface area contributed by atoms with E-state index in [0.717, 1.165) is 5.56 Å². The summed E-state index contributed by atoms with van der Waals surface area (Å²) in [5.74, 6) is 0. The molecule has 3 heteroatoms. The number of pyridine rings is 1. The maximum absolute atomic E-state index is 5.53. The van der Waals surface area contributed by atoms with Crippen LogP contribution in [0.3, 0.4) is 0 Å². The van der Waals surface area contributed by atoms with Crippen LogP contribution in [0.4, 0.5) is 0 Å². The van der Waals surface area contributed by atoms with Gasteiger partial charge in [0.05, 0.1) is 0 Å². The quantitative estimate of drug-likeness (QED) is 0.381. The maximum Gasteiger partial charge on any atom is 0.128 e.